The van der Waals surface area contributed by atoms with Crippen molar-refractivity contribution in [3.63, 3.8) is 0 Å². The number of benzene rings is 6. The Bertz CT molecular complexity index is 2450. The Kier molecular flexibility index (Phi) is 4.74. The Morgan fingerprint density at radius 2 is 1.23 bits per heavy atom. The largest absolute Gasteiger partial charge is 0.455 e. The molecule has 9 rings (SSSR count). The van der Waals surface area contributed by atoms with Gasteiger partial charge in [-0.2, -0.15) is 0 Å². The molecule has 0 unspecified atom stereocenters. The SMILES string of the molecule is [C-]#[N+]c1ccc(-n2c3ccccc3c3ccccc32)c(-c2cccc3c2oc2c4c(ccc23)C(C)(C)c2ccccc2-4)c1. The van der Waals surface area contributed by atoms with Crippen molar-refractivity contribution in [3.05, 3.63) is 144 Å². The molecule has 43 heavy (non-hydrogen) atoms. The molecule has 202 valence electrons. The summed E-state index contributed by atoms with van der Waals surface area (Å²) in [6.45, 7) is 12.4. The first-order valence-corrected chi connectivity index (χ1v) is 14.7. The van der Waals surface area contributed by atoms with Crippen molar-refractivity contribution in [3.8, 4) is 27.9 Å². The van der Waals surface area contributed by atoms with Gasteiger partial charge in [-0.1, -0.05) is 111 Å². The minimum absolute atomic E-state index is 0.102. The van der Waals surface area contributed by atoms with E-state index >= 15 is 0 Å². The molecule has 0 radical (unpaired) electrons. The third-order valence-corrected chi connectivity index (χ3v) is 9.43. The molecule has 0 saturated heterocycles. The maximum Gasteiger partial charge on any atom is 0.188 e. The van der Waals surface area contributed by atoms with Crippen LogP contribution in [0.1, 0.15) is 25.0 Å². The average molecular weight is 551 g/mol. The van der Waals surface area contributed by atoms with Crippen LogP contribution in [0.3, 0.4) is 0 Å². The van der Waals surface area contributed by atoms with Crippen molar-refractivity contribution >= 4 is 49.4 Å². The van der Waals surface area contributed by atoms with Crippen molar-refractivity contribution in [1.29, 1.82) is 0 Å². The molecule has 0 saturated carbocycles. The summed E-state index contributed by atoms with van der Waals surface area (Å²) in [5.41, 5.74) is 12.6. The molecule has 8 aromatic rings. The highest BCUT2D eigenvalue weighted by molar-refractivity contribution is 6.15. The average Bonchev–Trinajstić information content (AvgIpc) is 3.67. The van der Waals surface area contributed by atoms with E-state index in [0.717, 1.165) is 49.8 Å². The van der Waals surface area contributed by atoms with Crippen LogP contribution in [0.25, 0.3) is 76.5 Å². The third-order valence-electron chi connectivity index (χ3n) is 9.43. The molecule has 0 bridgehead atoms. The maximum atomic E-state index is 7.85. The fourth-order valence-electron chi connectivity index (χ4n) is 7.44. The van der Waals surface area contributed by atoms with Gasteiger partial charge in [0, 0.05) is 38.1 Å². The summed E-state index contributed by atoms with van der Waals surface area (Å²) >= 11 is 0. The predicted molar refractivity (Wildman–Crippen MR) is 177 cm³/mol. The molecular formula is C40H26N2O. The second-order valence-corrected chi connectivity index (χ2v) is 12.0. The van der Waals surface area contributed by atoms with E-state index in [-0.39, 0.29) is 5.41 Å². The van der Waals surface area contributed by atoms with Gasteiger partial charge in [0.2, 0.25) is 0 Å². The van der Waals surface area contributed by atoms with Crippen molar-refractivity contribution in [2.75, 3.05) is 0 Å². The van der Waals surface area contributed by atoms with Crippen LogP contribution in [0.2, 0.25) is 0 Å². The predicted octanol–water partition coefficient (Wildman–Crippen LogP) is 11.2. The first kappa shape index (κ1) is 24.1. The van der Waals surface area contributed by atoms with Crippen molar-refractivity contribution in [1.82, 2.24) is 4.57 Å². The molecule has 0 N–H and O–H groups in total. The number of rotatable bonds is 2. The van der Waals surface area contributed by atoms with Crippen molar-refractivity contribution in [2.24, 2.45) is 0 Å². The molecule has 0 atom stereocenters. The van der Waals surface area contributed by atoms with Crippen LogP contribution in [0, 0.1) is 6.57 Å². The second-order valence-electron chi connectivity index (χ2n) is 12.0. The minimum atomic E-state index is -0.102. The summed E-state index contributed by atoms with van der Waals surface area (Å²) in [6, 6.07) is 42.7. The number of hydrogen-bond acceptors (Lipinski definition) is 1. The molecule has 1 aliphatic rings. The van der Waals surface area contributed by atoms with E-state index in [1.54, 1.807) is 0 Å². The van der Waals surface area contributed by atoms with E-state index in [1.807, 2.05) is 12.1 Å². The van der Waals surface area contributed by atoms with Gasteiger partial charge in [-0.05, 0) is 46.5 Å². The topological polar surface area (TPSA) is 22.4 Å². The van der Waals surface area contributed by atoms with Crippen molar-refractivity contribution in [2.45, 2.75) is 19.3 Å². The molecule has 0 fully saturated rings. The number of fused-ring (bicyclic) bond motifs is 10. The zero-order valence-electron chi connectivity index (χ0n) is 23.8. The monoisotopic (exact) mass is 550 g/mol. The van der Waals surface area contributed by atoms with Crippen LogP contribution in [-0.4, -0.2) is 4.57 Å². The van der Waals surface area contributed by atoms with Gasteiger partial charge in [-0.15, -0.1) is 0 Å². The number of hydrogen-bond donors (Lipinski definition) is 0. The summed E-state index contributed by atoms with van der Waals surface area (Å²) in [4.78, 5) is 3.82. The van der Waals surface area contributed by atoms with Crippen molar-refractivity contribution < 1.29 is 4.42 Å². The standard InChI is InChI=1S/C40H26N2O/c1-40(2)32-16-7-4-13-30(32)37-33(40)21-20-29-27-14-10-15-28(38(27)43-39(29)37)31-23-24(41-3)19-22-36(31)42-34-17-8-5-11-25(34)26-12-6-9-18-35(26)42/h4-23H,1-2H3. The van der Waals surface area contributed by atoms with Gasteiger partial charge in [-0.25, -0.2) is 4.85 Å². The number of aromatic nitrogens is 1. The summed E-state index contributed by atoms with van der Waals surface area (Å²) in [6.07, 6.45) is 0. The van der Waals surface area contributed by atoms with Gasteiger partial charge in [0.1, 0.15) is 11.2 Å². The van der Waals surface area contributed by atoms with Gasteiger partial charge in [0.25, 0.3) is 0 Å². The maximum absolute atomic E-state index is 7.85. The molecule has 0 amide bonds. The highest BCUT2D eigenvalue weighted by atomic mass is 16.3. The summed E-state index contributed by atoms with van der Waals surface area (Å²) in [5.74, 6) is 0. The van der Waals surface area contributed by atoms with Crippen LogP contribution in [-0.2, 0) is 5.41 Å². The summed E-state index contributed by atoms with van der Waals surface area (Å²) in [5, 5.41) is 4.61. The smallest absolute Gasteiger partial charge is 0.188 e. The third kappa shape index (κ3) is 3.13. The summed E-state index contributed by atoms with van der Waals surface area (Å²) in [7, 11) is 0. The molecule has 2 aromatic heterocycles. The van der Waals surface area contributed by atoms with Gasteiger partial charge < -0.3 is 8.98 Å². The molecule has 1 aliphatic carbocycles. The molecule has 6 aromatic carbocycles. The van der Waals surface area contributed by atoms with E-state index in [9.17, 15) is 0 Å². The minimum Gasteiger partial charge on any atom is -0.455 e. The first-order chi connectivity index (χ1) is 21.1. The van der Waals surface area contributed by atoms with Gasteiger partial charge in [0.05, 0.1) is 23.3 Å². The quantitative estimate of drug-likeness (QED) is 0.196. The Labute approximate surface area is 249 Å². The lowest BCUT2D eigenvalue weighted by atomic mass is 9.82. The molecule has 3 heteroatoms. The van der Waals surface area contributed by atoms with E-state index in [2.05, 4.69) is 132 Å². The molecule has 0 aliphatic heterocycles. The first-order valence-electron chi connectivity index (χ1n) is 14.7. The molecular weight excluding hydrogens is 524 g/mol. The van der Waals surface area contributed by atoms with E-state index in [0.29, 0.717) is 5.69 Å². The summed E-state index contributed by atoms with van der Waals surface area (Å²) < 4.78 is 9.29. The highest BCUT2D eigenvalue weighted by Gasteiger charge is 2.37. The highest BCUT2D eigenvalue weighted by Crippen LogP contribution is 2.53. The van der Waals surface area contributed by atoms with E-state index in [1.165, 1.54) is 33.0 Å². The van der Waals surface area contributed by atoms with Crippen LogP contribution in [0.15, 0.2) is 126 Å². The fraction of sp³-hybridized carbons (Fsp3) is 0.0750. The lowest BCUT2D eigenvalue weighted by molar-refractivity contribution is 0.653. The molecule has 3 nitrogen and oxygen atoms in total. The van der Waals surface area contributed by atoms with E-state index in [4.69, 9.17) is 11.0 Å². The van der Waals surface area contributed by atoms with Gasteiger partial charge in [-0.3, -0.25) is 0 Å². The Morgan fingerprint density at radius 3 is 2.00 bits per heavy atom. The normalized spacial score (nSPS) is 13.5. The van der Waals surface area contributed by atoms with Crippen LogP contribution < -0.4 is 0 Å². The Balaban J connectivity index is 1.38. The lowest BCUT2D eigenvalue weighted by Crippen LogP contribution is -2.14. The van der Waals surface area contributed by atoms with Gasteiger partial charge >= 0.3 is 0 Å². The second kappa shape index (κ2) is 8.47. The van der Waals surface area contributed by atoms with Crippen LogP contribution in [0.5, 0.6) is 0 Å². The number of para-hydroxylation sites is 3. The Hall–Kier alpha value is -5.59. The van der Waals surface area contributed by atoms with Crippen LogP contribution in [0.4, 0.5) is 5.69 Å². The number of nitrogens with zero attached hydrogens (tertiary/aromatic N) is 2. The van der Waals surface area contributed by atoms with Gasteiger partial charge in [0.15, 0.2) is 5.69 Å². The lowest BCUT2D eigenvalue weighted by Gasteiger charge is -2.21. The Morgan fingerprint density at radius 1 is 0.581 bits per heavy atom. The van der Waals surface area contributed by atoms with E-state index < -0.39 is 0 Å². The van der Waals surface area contributed by atoms with Crippen LogP contribution >= 0.6 is 0 Å². The zero-order chi connectivity index (χ0) is 28.9. The zero-order valence-corrected chi connectivity index (χ0v) is 23.8. The molecule has 0 spiro atoms. The number of furan rings is 1. The fourth-order valence-corrected chi connectivity index (χ4v) is 7.44. The molecule has 2 heterocycles.